The van der Waals surface area contributed by atoms with Gasteiger partial charge in [-0.25, -0.2) is 9.37 Å². The van der Waals surface area contributed by atoms with Crippen LogP contribution in [0.15, 0.2) is 55.3 Å². The molecule has 102 valence electrons. The number of halogens is 1. The van der Waals surface area contributed by atoms with Crippen LogP contribution in [0.2, 0.25) is 0 Å². The lowest BCUT2D eigenvalue weighted by Gasteiger charge is -2.07. The first-order valence-electron chi connectivity index (χ1n) is 6.07. The quantitative estimate of drug-likeness (QED) is 0.822. The fraction of sp³-hybridized carbons (Fsp3) is 0.0667. The number of aromatic nitrogens is 1. The van der Waals surface area contributed by atoms with Crippen LogP contribution >= 0.6 is 0 Å². The maximum absolute atomic E-state index is 13.4. The molecule has 0 radical (unpaired) electrons. The van der Waals surface area contributed by atoms with E-state index in [1.165, 1.54) is 12.1 Å². The Bertz CT molecular complexity index is 611. The molecule has 0 atom stereocenters. The van der Waals surface area contributed by atoms with Crippen molar-refractivity contribution in [3.63, 3.8) is 0 Å². The van der Waals surface area contributed by atoms with E-state index in [-0.39, 0.29) is 11.4 Å². The van der Waals surface area contributed by atoms with Crippen LogP contribution in [-0.2, 0) is 0 Å². The Labute approximate surface area is 116 Å². The van der Waals surface area contributed by atoms with Crippen molar-refractivity contribution in [2.75, 3.05) is 17.2 Å². The number of carbonyl (C=O) groups excluding carboxylic acids is 1. The number of hydrogen-bond acceptors (Lipinski definition) is 3. The molecular weight excluding hydrogens is 257 g/mol. The zero-order valence-electron chi connectivity index (χ0n) is 10.8. The van der Waals surface area contributed by atoms with Crippen molar-refractivity contribution in [3.05, 3.63) is 66.8 Å². The Balaban J connectivity index is 2.06. The number of nitrogens with one attached hydrogen (secondary N) is 2. The van der Waals surface area contributed by atoms with Crippen molar-refractivity contribution in [3.8, 4) is 0 Å². The third-order valence-electron chi connectivity index (χ3n) is 2.57. The molecule has 0 spiro atoms. The number of para-hydroxylation sites is 1. The summed E-state index contributed by atoms with van der Waals surface area (Å²) in [4.78, 5) is 15.9. The van der Waals surface area contributed by atoms with Crippen LogP contribution < -0.4 is 10.6 Å². The zero-order valence-corrected chi connectivity index (χ0v) is 10.8. The third-order valence-corrected chi connectivity index (χ3v) is 2.57. The molecule has 1 heterocycles. The van der Waals surface area contributed by atoms with Gasteiger partial charge < -0.3 is 10.6 Å². The molecule has 1 amide bonds. The van der Waals surface area contributed by atoms with E-state index in [1.807, 2.05) is 0 Å². The number of carbonyl (C=O) groups is 1. The molecule has 20 heavy (non-hydrogen) atoms. The number of amides is 1. The number of nitrogens with zero attached hydrogens (tertiary/aromatic N) is 1. The van der Waals surface area contributed by atoms with Crippen LogP contribution in [0.3, 0.4) is 0 Å². The molecular formula is C15H14FN3O. The molecule has 0 unspecified atom stereocenters. The summed E-state index contributed by atoms with van der Waals surface area (Å²) in [7, 11) is 0. The largest absolute Gasteiger partial charge is 0.380 e. The molecule has 2 rings (SSSR count). The van der Waals surface area contributed by atoms with Crippen LogP contribution in [0.4, 0.5) is 15.8 Å². The van der Waals surface area contributed by atoms with E-state index in [0.717, 1.165) is 5.69 Å². The van der Waals surface area contributed by atoms with Crippen molar-refractivity contribution in [1.29, 1.82) is 0 Å². The maximum Gasteiger partial charge on any atom is 0.274 e. The second-order valence-corrected chi connectivity index (χ2v) is 4.04. The second kappa shape index (κ2) is 6.47. The molecule has 4 nitrogen and oxygen atoms in total. The smallest absolute Gasteiger partial charge is 0.274 e. The van der Waals surface area contributed by atoms with Gasteiger partial charge in [0, 0.05) is 6.54 Å². The molecule has 5 heteroatoms. The first-order valence-corrected chi connectivity index (χ1v) is 6.07. The van der Waals surface area contributed by atoms with Crippen molar-refractivity contribution in [2.24, 2.45) is 0 Å². The van der Waals surface area contributed by atoms with Gasteiger partial charge in [-0.3, -0.25) is 4.79 Å². The van der Waals surface area contributed by atoms with Gasteiger partial charge in [0.05, 0.1) is 17.6 Å². The Morgan fingerprint density at radius 3 is 2.75 bits per heavy atom. The summed E-state index contributed by atoms with van der Waals surface area (Å²) in [6, 6.07) is 9.28. The van der Waals surface area contributed by atoms with Gasteiger partial charge in [-0.05, 0) is 24.3 Å². The highest BCUT2D eigenvalue weighted by Crippen LogP contribution is 2.14. The molecule has 1 aromatic carbocycles. The highest BCUT2D eigenvalue weighted by atomic mass is 19.1. The Kier molecular flexibility index (Phi) is 4.44. The first kappa shape index (κ1) is 13.7. The van der Waals surface area contributed by atoms with Crippen molar-refractivity contribution >= 4 is 17.3 Å². The average Bonchev–Trinajstić information content (AvgIpc) is 2.48. The van der Waals surface area contributed by atoms with E-state index in [9.17, 15) is 9.18 Å². The maximum atomic E-state index is 13.4. The molecule has 2 N–H and O–H groups in total. The summed E-state index contributed by atoms with van der Waals surface area (Å²) in [5.74, 6) is -0.935. The van der Waals surface area contributed by atoms with Crippen LogP contribution in [0.1, 0.15) is 10.5 Å². The normalized spacial score (nSPS) is 9.85. The van der Waals surface area contributed by atoms with Gasteiger partial charge in [-0.1, -0.05) is 18.2 Å². The lowest BCUT2D eigenvalue weighted by Crippen LogP contribution is -2.14. The highest BCUT2D eigenvalue weighted by molar-refractivity contribution is 6.03. The van der Waals surface area contributed by atoms with E-state index in [2.05, 4.69) is 22.2 Å². The van der Waals surface area contributed by atoms with E-state index in [4.69, 9.17) is 0 Å². The molecule has 0 fully saturated rings. The molecule has 0 aliphatic heterocycles. The summed E-state index contributed by atoms with van der Waals surface area (Å²) in [5.41, 5.74) is 1.14. The number of benzene rings is 1. The molecule has 1 aromatic heterocycles. The number of anilines is 2. The minimum Gasteiger partial charge on any atom is -0.380 e. The predicted octanol–water partition coefficient (Wildman–Crippen LogP) is 3.07. The Hall–Kier alpha value is -2.69. The summed E-state index contributed by atoms with van der Waals surface area (Å²) in [6.45, 7) is 4.21. The number of hydrogen-bond donors (Lipinski definition) is 2. The van der Waals surface area contributed by atoms with Gasteiger partial charge in [0.2, 0.25) is 0 Å². The highest BCUT2D eigenvalue weighted by Gasteiger charge is 2.09. The Morgan fingerprint density at radius 1 is 1.30 bits per heavy atom. The van der Waals surface area contributed by atoms with Gasteiger partial charge in [-0.2, -0.15) is 0 Å². The molecule has 0 aliphatic carbocycles. The monoisotopic (exact) mass is 271 g/mol. The predicted molar refractivity (Wildman–Crippen MR) is 77.3 cm³/mol. The summed E-state index contributed by atoms with van der Waals surface area (Å²) in [5, 5.41) is 5.52. The molecule has 2 aromatic rings. The Morgan fingerprint density at radius 2 is 2.10 bits per heavy atom. The van der Waals surface area contributed by atoms with E-state index in [1.54, 1.807) is 36.5 Å². The lowest BCUT2D eigenvalue weighted by molar-refractivity contribution is 0.102. The minimum absolute atomic E-state index is 0.133. The van der Waals surface area contributed by atoms with Crippen LogP contribution in [-0.4, -0.2) is 17.4 Å². The molecule has 0 saturated heterocycles. The zero-order chi connectivity index (χ0) is 14.4. The average molecular weight is 271 g/mol. The van der Waals surface area contributed by atoms with Gasteiger partial charge >= 0.3 is 0 Å². The molecule has 0 aliphatic rings. The summed E-state index contributed by atoms with van der Waals surface area (Å²) in [6.07, 6.45) is 3.26. The van der Waals surface area contributed by atoms with Gasteiger partial charge in [0.25, 0.3) is 5.91 Å². The van der Waals surface area contributed by atoms with Crippen molar-refractivity contribution in [2.45, 2.75) is 0 Å². The summed E-state index contributed by atoms with van der Waals surface area (Å²) >= 11 is 0. The standard InChI is InChI=1S/C15H14FN3O/c1-2-9-17-11-7-8-14(18-10-11)15(20)19-13-6-4-3-5-12(13)16/h2-8,10,17H,1,9H2,(H,19,20). The third kappa shape index (κ3) is 3.41. The van der Waals surface area contributed by atoms with Crippen LogP contribution in [0, 0.1) is 5.82 Å². The summed E-state index contributed by atoms with van der Waals surface area (Å²) < 4.78 is 13.4. The van der Waals surface area contributed by atoms with Crippen LogP contribution in [0.5, 0.6) is 0 Å². The SMILES string of the molecule is C=CCNc1ccc(C(=O)Nc2ccccc2F)nc1. The molecule has 0 saturated carbocycles. The topological polar surface area (TPSA) is 54.0 Å². The van der Waals surface area contributed by atoms with E-state index < -0.39 is 11.7 Å². The van der Waals surface area contributed by atoms with Crippen LogP contribution in [0.25, 0.3) is 0 Å². The van der Waals surface area contributed by atoms with Gasteiger partial charge in [0.15, 0.2) is 0 Å². The van der Waals surface area contributed by atoms with E-state index in [0.29, 0.717) is 6.54 Å². The van der Waals surface area contributed by atoms with Gasteiger partial charge in [0.1, 0.15) is 11.5 Å². The fourth-order valence-corrected chi connectivity index (χ4v) is 1.57. The molecule has 0 bridgehead atoms. The van der Waals surface area contributed by atoms with Crippen molar-refractivity contribution in [1.82, 2.24) is 4.98 Å². The minimum atomic E-state index is -0.481. The first-order chi connectivity index (χ1) is 9.70. The fourth-order valence-electron chi connectivity index (χ4n) is 1.57. The lowest BCUT2D eigenvalue weighted by atomic mass is 10.2. The number of pyridine rings is 1. The second-order valence-electron chi connectivity index (χ2n) is 4.04. The van der Waals surface area contributed by atoms with Crippen molar-refractivity contribution < 1.29 is 9.18 Å². The van der Waals surface area contributed by atoms with Gasteiger partial charge in [-0.15, -0.1) is 6.58 Å². The van der Waals surface area contributed by atoms with E-state index >= 15 is 0 Å². The number of rotatable bonds is 5.